The Morgan fingerprint density at radius 1 is 1.03 bits per heavy atom. The summed E-state index contributed by atoms with van der Waals surface area (Å²) in [6, 6.07) is 16.1. The largest absolute Gasteiger partial charge is 0.459 e. The van der Waals surface area contributed by atoms with Crippen LogP contribution < -0.4 is 5.32 Å². The number of hydrogen-bond donors (Lipinski definition) is 1. The second kappa shape index (κ2) is 8.75. The SMILES string of the molecule is O=[N+]([O-])c1cc(Cl)ccc1-c1ccc(CNCc2ccc(C3OCCO3)cc2)o1. The normalized spacial score (nSPS) is 14.4. The average molecular weight is 415 g/mol. The highest BCUT2D eigenvalue weighted by atomic mass is 35.5. The highest BCUT2D eigenvalue weighted by Crippen LogP contribution is 2.33. The zero-order chi connectivity index (χ0) is 20.2. The first-order valence-electron chi connectivity index (χ1n) is 9.16. The Morgan fingerprint density at radius 3 is 2.52 bits per heavy atom. The standard InChI is InChI=1S/C21H19ClN2O5/c22-16-5-7-18(19(11-16)24(25)26)20-8-6-17(29-20)13-23-12-14-1-3-15(4-2-14)21-27-9-10-28-21/h1-8,11,21,23H,9-10,12-13H2. The van der Waals surface area contributed by atoms with E-state index >= 15 is 0 Å². The molecule has 1 aliphatic rings. The molecule has 1 N–H and O–H groups in total. The van der Waals surface area contributed by atoms with Crippen LogP contribution in [0.5, 0.6) is 0 Å². The van der Waals surface area contributed by atoms with Crippen molar-refractivity contribution in [3.05, 3.63) is 86.6 Å². The van der Waals surface area contributed by atoms with Crippen LogP contribution in [0.25, 0.3) is 11.3 Å². The molecule has 8 heteroatoms. The molecular formula is C21H19ClN2O5. The maximum Gasteiger partial charge on any atom is 0.281 e. The minimum atomic E-state index is -0.465. The van der Waals surface area contributed by atoms with Crippen LogP contribution in [0.15, 0.2) is 59.0 Å². The van der Waals surface area contributed by atoms with E-state index in [0.29, 0.717) is 48.4 Å². The molecule has 3 aromatic rings. The van der Waals surface area contributed by atoms with Crippen molar-refractivity contribution in [1.82, 2.24) is 5.32 Å². The number of rotatable bonds is 7. The van der Waals surface area contributed by atoms with Crippen molar-refractivity contribution < 1.29 is 18.8 Å². The van der Waals surface area contributed by atoms with Gasteiger partial charge in [-0.15, -0.1) is 0 Å². The summed E-state index contributed by atoms with van der Waals surface area (Å²) in [4.78, 5) is 10.8. The third-order valence-corrected chi connectivity index (χ3v) is 4.82. The molecule has 0 bridgehead atoms. The quantitative estimate of drug-likeness (QED) is 0.439. The van der Waals surface area contributed by atoms with Crippen molar-refractivity contribution in [2.45, 2.75) is 19.4 Å². The van der Waals surface area contributed by atoms with Crippen molar-refractivity contribution in [2.24, 2.45) is 0 Å². The Bertz CT molecular complexity index is 997. The second-order valence-corrected chi connectivity index (χ2v) is 7.04. The molecular weight excluding hydrogens is 396 g/mol. The highest BCUT2D eigenvalue weighted by molar-refractivity contribution is 6.30. The van der Waals surface area contributed by atoms with E-state index in [1.54, 1.807) is 24.3 Å². The van der Waals surface area contributed by atoms with E-state index in [-0.39, 0.29) is 12.0 Å². The van der Waals surface area contributed by atoms with Crippen LogP contribution >= 0.6 is 11.6 Å². The highest BCUT2D eigenvalue weighted by Gasteiger charge is 2.19. The van der Waals surface area contributed by atoms with E-state index in [2.05, 4.69) is 5.32 Å². The van der Waals surface area contributed by atoms with Gasteiger partial charge >= 0.3 is 0 Å². The lowest BCUT2D eigenvalue weighted by molar-refractivity contribution is -0.384. The van der Waals surface area contributed by atoms with Gasteiger partial charge < -0.3 is 19.2 Å². The predicted molar refractivity (Wildman–Crippen MR) is 107 cm³/mol. The molecule has 0 spiro atoms. The molecule has 0 unspecified atom stereocenters. The number of benzene rings is 2. The minimum absolute atomic E-state index is 0.0818. The first-order chi connectivity index (χ1) is 14.1. The van der Waals surface area contributed by atoms with E-state index in [4.69, 9.17) is 25.5 Å². The smallest absolute Gasteiger partial charge is 0.281 e. The fourth-order valence-electron chi connectivity index (χ4n) is 3.16. The molecule has 4 rings (SSSR count). The number of furan rings is 1. The average Bonchev–Trinajstić information content (AvgIpc) is 3.41. The van der Waals surface area contributed by atoms with Crippen LogP contribution in [0.2, 0.25) is 5.02 Å². The summed E-state index contributed by atoms with van der Waals surface area (Å²) in [6.45, 7) is 2.40. The molecule has 0 atom stereocenters. The molecule has 0 saturated carbocycles. The van der Waals surface area contributed by atoms with Crippen LogP contribution in [0.4, 0.5) is 5.69 Å². The van der Waals surface area contributed by atoms with Crippen molar-refractivity contribution in [1.29, 1.82) is 0 Å². The molecule has 1 aromatic heterocycles. The molecule has 0 radical (unpaired) electrons. The molecule has 29 heavy (non-hydrogen) atoms. The van der Waals surface area contributed by atoms with Crippen molar-refractivity contribution in [2.75, 3.05) is 13.2 Å². The molecule has 0 aliphatic carbocycles. The zero-order valence-corrected chi connectivity index (χ0v) is 16.2. The number of nitro benzene ring substituents is 1. The van der Waals surface area contributed by atoms with Gasteiger partial charge in [-0.3, -0.25) is 10.1 Å². The molecule has 7 nitrogen and oxygen atoms in total. The predicted octanol–water partition coefficient (Wildman–Crippen LogP) is 4.84. The summed E-state index contributed by atoms with van der Waals surface area (Å²) in [5.74, 6) is 1.12. The molecule has 150 valence electrons. The van der Waals surface area contributed by atoms with Gasteiger partial charge in [-0.25, -0.2) is 0 Å². The Labute approximate surface area is 172 Å². The van der Waals surface area contributed by atoms with E-state index in [1.807, 2.05) is 24.3 Å². The monoisotopic (exact) mass is 414 g/mol. The van der Waals surface area contributed by atoms with Gasteiger partial charge in [0.15, 0.2) is 6.29 Å². The summed E-state index contributed by atoms with van der Waals surface area (Å²) in [7, 11) is 0. The van der Waals surface area contributed by atoms with Crippen LogP contribution in [0.3, 0.4) is 0 Å². The fourth-order valence-corrected chi connectivity index (χ4v) is 3.32. The Kier molecular flexibility index (Phi) is 5.92. The van der Waals surface area contributed by atoms with E-state index in [9.17, 15) is 10.1 Å². The topological polar surface area (TPSA) is 86.8 Å². The van der Waals surface area contributed by atoms with Gasteiger partial charge in [0.05, 0.1) is 30.2 Å². The van der Waals surface area contributed by atoms with Gasteiger partial charge in [0.2, 0.25) is 0 Å². The van der Waals surface area contributed by atoms with Gasteiger partial charge in [-0.1, -0.05) is 35.9 Å². The van der Waals surface area contributed by atoms with E-state index in [1.165, 1.54) is 6.07 Å². The van der Waals surface area contributed by atoms with E-state index in [0.717, 1.165) is 11.1 Å². The number of halogens is 1. The Hall–Kier alpha value is -2.71. The van der Waals surface area contributed by atoms with Gasteiger partial charge in [-0.05, 0) is 29.8 Å². The van der Waals surface area contributed by atoms with Crippen LogP contribution in [0, 0.1) is 10.1 Å². The molecule has 1 saturated heterocycles. The third kappa shape index (κ3) is 4.65. The lowest BCUT2D eigenvalue weighted by atomic mass is 10.1. The summed E-state index contributed by atoms with van der Waals surface area (Å²) < 4.78 is 16.8. The van der Waals surface area contributed by atoms with Crippen LogP contribution in [-0.4, -0.2) is 18.1 Å². The second-order valence-electron chi connectivity index (χ2n) is 6.60. The zero-order valence-electron chi connectivity index (χ0n) is 15.5. The lowest BCUT2D eigenvalue weighted by Crippen LogP contribution is -2.12. The van der Waals surface area contributed by atoms with E-state index < -0.39 is 4.92 Å². The van der Waals surface area contributed by atoms with Gasteiger partial charge in [-0.2, -0.15) is 0 Å². The summed E-state index contributed by atoms with van der Waals surface area (Å²) >= 11 is 5.87. The number of nitro groups is 1. The molecule has 1 fully saturated rings. The summed E-state index contributed by atoms with van der Waals surface area (Å²) in [5, 5.41) is 14.9. The van der Waals surface area contributed by atoms with Crippen LogP contribution in [0.1, 0.15) is 23.2 Å². The van der Waals surface area contributed by atoms with Gasteiger partial charge in [0.25, 0.3) is 5.69 Å². The number of nitrogens with one attached hydrogen (secondary N) is 1. The fraction of sp³-hybridized carbons (Fsp3) is 0.238. The van der Waals surface area contributed by atoms with Gasteiger partial charge in [0.1, 0.15) is 11.5 Å². The molecule has 2 heterocycles. The maximum atomic E-state index is 11.3. The molecule has 1 aliphatic heterocycles. The third-order valence-electron chi connectivity index (χ3n) is 4.59. The van der Waals surface area contributed by atoms with Crippen LogP contribution in [-0.2, 0) is 22.6 Å². The number of nitrogens with zero attached hydrogens (tertiary/aromatic N) is 1. The first-order valence-corrected chi connectivity index (χ1v) is 9.54. The van der Waals surface area contributed by atoms with Crippen molar-refractivity contribution in [3.63, 3.8) is 0 Å². The first kappa shape index (κ1) is 19.6. The summed E-state index contributed by atoms with van der Waals surface area (Å²) in [5.41, 5.74) is 2.44. The Morgan fingerprint density at radius 2 is 1.79 bits per heavy atom. The Balaban J connectivity index is 1.36. The van der Waals surface area contributed by atoms with Crippen molar-refractivity contribution in [3.8, 4) is 11.3 Å². The van der Waals surface area contributed by atoms with Gasteiger partial charge in [0, 0.05) is 23.2 Å². The molecule has 2 aromatic carbocycles. The number of hydrogen-bond acceptors (Lipinski definition) is 6. The maximum absolute atomic E-state index is 11.3. The summed E-state index contributed by atoms with van der Waals surface area (Å²) in [6.07, 6.45) is -0.268. The lowest BCUT2D eigenvalue weighted by Gasteiger charge is -2.10. The van der Waals surface area contributed by atoms with Crippen molar-refractivity contribution >= 4 is 17.3 Å². The molecule has 0 amide bonds. The number of ether oxygens (including phenoxy) is 2. The minimum Gasteiger partial charge on any atom is -0.459 e.